The van der Waals surface area contributed by atoms with Gasteiger partial charge in [0.2, 0.25) is 0 Å². The second kappa shape index (κ2) is 6.07. The molecule has 0 saturated carbocycles. The normalized spacial score (nSPS) is 12.1. The maximum Gasteiger partial charge on any atom is 1.00 e. The van der Waals surface area contributed by atoms with E-state index in [1.807, 2.05) is 12.1 Å². The third-order valence-electron chi connectivity index (χ3n) is 3.19. The molecule has 0 aliphatic rings. The third-order valence-corrected chi connectivity index (χ3v) is 7.67. The number of benzene rings is 1. The summed E-state index contributed by atoms with van der Waals surface area (Å²) in [5.41, 5.74) is 1.23. The molecule has 0 radical (unpaired) electrons. The van der Waals surface area contributed by atoms with Crippen molar-refractivity contribution < 1.29 is 23.3 Å². The smallest absolute Gasteiger partial charge is 0.415 e. The molecule has 0 unspecified atom stereocenters. The van der Waals surface area contributed by atoms with Gasteiger partial charge in [0, 0.05) is 6.61 Å². The summed E-state index contributed by atoms with van der Waals surface area (Å²) in [5, 5.41) is 0.286. The van der Waals surface area contributed by atoms with Crippen molar-refractivity contribution in [3.63, 3.8) is 0 Å². The van der Waals surface area contributed by atoms with Gasteiger partial charge in [0.15, 0.2) is 8.32 Å². The van der Waals surface area contributed by atoms with Gasteiger partial charge in [-0.05, 0) is 18.1 Å². The standard InChI is InChI=1S/C13H21OSi.Li/c1-13(2,3)15(4,5)14-11-12-9-7-6-8-10-12;/h7-10H,11H2,1-5H3;/q-1;+1. The summed E-state index contributed by atoms with van der Waals surface area (Å²) < 4.78 is 6.10. The van der Waals surface area contributed by atoms with Crippen molar-refractivity contribution in [2.75, 3.05) is 0 Å². The first-order valence-electron chi connectivity index (χ1n) is 5.42. The topological polar surface area (TPSA) is 9.23 Å². The average Bonchev–Trinajstić information content (AvgIpc) is 2.15. The van der Waals surface area contributed by atoms with Crippen molar-refractivity contribution >= 4 is 8.32 Å². The minimum Gasteiger partial charge on any atom is -0.415 e. The molecule has 0 aliphatic carbocycles. The predicted octanol–water partition coefficient (Wildman–Crippen LogP) is 1.01. The summed E-state index contributed by atoms with van der Waals surface area (Å²) in [6.45, 7) is 12.1. The van der Waals surface area contributed by atoms with Crippen LogP contribution in [-0.4, -0.2) is 8.32 Å². The fourth-order valence-corrected chi connectivity index (χ4v) is 1.96. The van der Waals surface area contributed by atoms with Crippen LogP contribution in [0.4, 0.5) is 0 Å². The van der Waals surface area contributed by atoms with Crippen LogP contribution in [0.3, 0.4) is 0 Å². The Morgan fingerprint density at radius 2 is 1.69 bits per heavy atom. The van der Waals surface area contributed by atoms with Gasteiger partial charge >= 0.3 is 18.9 Å². The van der Waals surface area contributed by atoms with Gasteiger partial charge in [-0.1, -0.05) is 20.8 Å². The van der Waals surface area contributed by atoms with Crippen LogP contribution in [0.2, 0.25) is 18.1 Å². The Morgan fingerprint density at radius 1 is 1.19 bits per heavy atom. The SMILES string of the molecule is CC(C)(C)[Si](C)(C)OCc1cc[c-]cc1.[Li+]. The van der Waals surface area contributed by atoms with Crippen LogP contribution in [0.1, 0.15) is 26.3 Å². The van der Waals surface area contributed by atoms with Crippen molar-refractivity contribution in [2.24, 2.45) is 0 Å². The molecule has 0 atom stereocenters. The molecule has 0 saturated heterocycles. The summed E-state index contributed by atoms with van der Waals surface area (Å²) in [7, 11) is -1.60. The van der Waals surface area contributed by atoms with Crippen molar-refractivity contribution in [1.82, 2.24) is 0 Å². The van der Waals surface area contributed by atoms with E-state index >= 15 is 0 Å². The van der Waals surface area contributed by atoms with E-state index < -0.39 is 8.32 Å². The Kier molecular flexibility index (Phi) is 6.07. The molecule has 1 aromatic rings. The third kappa shape index (κ3) is 4.47. The minimum atomic E-state index is -1.60. The van der Waals surface area contributed by atoms with E-state index in [1.165, 1.54) is 5.56 Å². The second-order valence-corrected chi connectivity index (χ2v) is 10.3. The Labute approximate surface area is 113 Å². The summed E-state index contributed by atoms with van der Waals surface area (Å²) >= 11 is 0. The molecule has 84 valence electrons. The van der Waals surface area contributed by atoms with Crippen LogP contribution in [0, 0.1) is 6.07 Å². The quantitative estimate of drug-likeness (QED) is 0.554. The van der Waals surface area contributed by atoms with Crippen LogP contribution < -0.4 is 18.9 Å². The predicted molar refractivity (Wildman–Crippen MR) is 67.3 cm³/mol. The molecule has 1 aromatic carbocycles. The van der Waals surface area contributed by atoms with Gasteiger partial charge in [0.25, 0.3) is 0 Å². The zero-order valence-corrected chi connectivity index (χ0v) is 12.4. The first kappa shape index (κ1) is 16.0. The Morgan fingerprint density at radius 3 is 2.12 bits per heavy atom. The first-order valence-corrected chi connectivity index (χ1v) is 8.33. The second-order valence-electron chi connectivity index (χ2n) is 5.46. The van der Waals surface area contributed by atoms with Crippen LogP contribution in [0.15, 0.2) is 24.3 Å². The molecular formula is C13H21LiOSi. The molecule has 1 nitrogen and oxygen atoms in total. The number of hydrogen-bond donors (Lipinski definition) is 0. The largest absolute Gasteiger partial charge is 1.00 e. The number of hydrogen-bond acceptors (Lipinski definition) is 1. The van der Waals surface area contributed by atoms with E-state index in [9.17, 15) is 0 Å². The van der Waals surface area contributed by atoms with Gasteiger partial charge in [-0.25, -0.2) is 0 Å². The van der Waals surface area contributed by atoms with Crippen LogP contribution in [0.5, 0.6) is 0 Å². The molecule has 0 aliphatic heterocycles. The van der Waals surface area contributed by atoms with Gasteiger partial charge in [-0.15, -0.1) is 5.56 Å². The van der Waals surface area contributed by atoms with E-state index in [-0.39, 0.29) is 23.9 Å². The zero-order chi connectivity index (χ0) is 11.5. The van der Waals surface area contributed by atoms with Gasteiger partial charge in [-0.3, -0.25) is 0 Å². The summed E-state index contributed by atoms with van der Waals surface area (Å²) in [6, 6.07) is 11.0. The summed E-state index contributed by atoms with van der Waals surface area (Å²) in [5.74, 6) is 0. The number of rotatable bonds is 3. The van der Waals surface area contributed by atoms with Gasteiger partial charge in [0.05, 0.1) is 0 Å². The maximum atomic E-state index is 6.10. The van der Waals surface area contributed by atoms with Crippen molar-refractivity contribution in [2.45, 2.75) is 45.5 Å². The van der Waals surface area contributed by atoms with Gasteiger partial charge < -0.3 is 4.43 Å². The van der Waals surface area contributed by atoms with Gasteiger partial charge in [0.1, 0.15) is 0 Å². The Balaban J connectivity index is 0.00000225. The van der Waals surface area contributed by atoms with E-state index in [1.54, 1.807) is 0 Å². The van der Waals surface area contributed by atoms with E-state index in [2.05, 4.69) is 52.1 Å². The average molecular weight is 228 g/mol. The van der Waals surface area contributed by atoms with E-state index in [0.717, 1.165) is 6.61 Å². The van der Waals surface area contributed by atoms with Gasteiger partial charge in [-0.2, -0.15) is 30.3 Å². The molecular weight excluding hydrogens is 207 g/mol. The summed E-state index contributed by atoms with van der Waals surface area (Å²) in [6.07, 6.45) is 0. The van der Waals surface area contributed by atoms with E-state index in [0.29, 0.717) is 0 Å². The maximum absolute atomic E-state index is 6.10. The van der Waals surface area contributed by atoms with Crippen LogP contribution in [0.25, 0.3) is 0 Å². The molecule has 0 amide bonds. The first-order chi connectivity index (χ1) is 6.83. The Hall–Kier alpha value is -0.00571. The fourth-order valence-electron chi connectivity index (χ4n) is 0.998. The molecule has 0 N–H and O–H groups in total. The molecule has 0 aromatic heterocycles. The van der Waals surface area contributed by atoms with Crippen molar-refractivity contribution in [1.29, 1.82) is 0 Å². The molecule has 1 rings (SSSR count). The molecule has 3 heteroatoms. The monoisotopic (exact) mass is 228 g/mol. The van der Waals surface area contributed by atoms with Crippen LogP contribution in [-0.2, 0) is 11.0 Å². The molecule has 0 heterocycles. The summed E-state index contributed by atoms with van der Waals surface area (Å²) in [4.78, 5) is 0. The fraction of sp³-hybridized carbons (Fsp3) is 0.538. The van der Waals surface area contributed by atoms with E-state index in [4.69, 9.17) is 4.43 Å². The Bertz CT molecular complexity index is 303. The molecule has 0 bridgehead atoms. The molecule has 0 fully saturated rings. The molecule has 0 spiro atoms. The van der Waals surface area contributed by atoms with Crippen molar-refractivity contribution in [3.05, 3.63) is 35.9 Å². The molecule has 16 heavy (non-hydrogen) atoms. The zero-order valence-electron chi connectivity index (χ0n) is 11.4. The van der Waals surface area contributed by atoms with Crippen molar-refractivity contribution in [3.8, 4) is 0 Å². The van der Waals surface area contributed by atoms with Crippen LogP contribution >= 0.6 is 0 Å². The minimum absolute atomic E-state index is 0.